The van der Waals surface area contributed by atoms with Gasteiger partial charge in [-0.25, -0.2) is 4.79 Å². The molecule has 0 aromatic rings. The fraction of sp³-hybridized carbons (Fsp3) is 0.750. The predicted molar refractivity (Wildman–Crippen MR) is 42.2 cm³/mol. The van der Waals surface area contributed by atoms with Crippen LogP contribution in [0.2, 0.25) is 0 Å². The Kier molecular flexibility index (Phi) is 5.28. The third-order valence-electron chi connectivity index (χ3n) is 0.947. The fourth-order valence-electron chi connectivity index (χ4n) is 0.469. The smallest absolute Gasteiger partial charge is 0.299 e. The summed E-state index contributed by atoms with van der Waals surface area (Å²) in [7, 11) is 0. The molecular formula is C8H14O4. The van der Waals surface area contributed by atoms with Gasteiger partial charge in [0.1, 0.15) is 12.2 Å². The lowest BCUT2D eigenvalue weighted by Gasteiger charge is -2.04. The molecule has 0 heterocycles. The minimum Gasteiger partial charge on any atom is -0.299 e. The normalized spacial score (nSPS) is 10.0. The van der Waals surface area contributed by atoms with Crippen molar-refractivity contribution in [2.24, 2.45) is 5.92 Å². The van der Waals surface area contributed by atoms with Gasteiger partial charge in [-0.3, -0.25) is 9.68 Å². The Labute approximate surface area is 71.8 Å². The molecule has 0 aliphatic carbocycles. The summed E-state index contributed by atoms with van der Waals surface area (Å²) in [5.74, 6) is -0.563. The lowest BCUT2D eigenvalue weighted by molar-refractivity contribution is -0.276. The summed E-state index contributed by atoms with van der Waals surface area (Å²) in [6, 6.07) is 0. The van der Waals surface area contributed by atoms with E-state index < -0.39 is 5.97 Å². The fourth-order valence-corrected chi connectivity index (χ4v) is 0.469. The Morgan fingerprint density at radius 2 is 1.92 bits per heavy atom. The molecule has 0 fully saturated rings. The average Bonchev–Trinajstić information content (AvgIpc) is 1.84. The summed E-state index contributed by atoms with van der Waals surface area (Å²) in [4.78, 5) is 29.9. The van der Waals surface area contributed by atoms with Gasteiger partial charge in [0.25, 0.3) is 0 Å². The van der Waals surface area contributed by atoms with Gasteiger partial charge in [-0.05, 0) is 12.8 Å². The first kappa shape index (κ1) is 11.1. The van der Waals surface area contributed by atoms with Crippen molar-refractivity contribution < 1.29 is 19.4 Å². The number of rotatable bonds is 5. The highest BCUT2D eigenvalue weighted by Crippen LogP contribution is 1.95. The van der Waals surface area contributed by atoms with Gasteiger partial charge in [0.15, 0.2) is 0 Å². The second-order valence-electron chi connectivity index (χ2n) is 3.01. The van der Waals surface area contributed by atoms with Crippen molar-refractivity contribution in [2.45, 2.75) is 27.2 Å². The van der Waals surface area contributed by atoms with Gasteiger partial charge in [-0.15, -0.1) is 0 Å². The first-order chi connectivity index (χ1) is 5.52. The van der Waals surface area contributed by atoms with Crippen LogP contribution < -0.4 is 0 Å². The molecule has 0 aromatic heterocycles. The standard InChI is InChI=1S/C8H14O4/c1-6(2)5-11-12-8(10)4-7(3)9/h6H,4-5H2,1-3H3. The highest BCUT2D eigenvalue weighted by molar-refractivity contribution is 5.93. The minimum atomic E-state index is -0.636. The number of ketones is 1. The molecule has 12 heavy (non-hydrogen) atoms. The van der Waals surface area contributed by atoms with E-state index in [1.165, 1.54) is 6.92 Å². The van der Waals surface area contributed by atoms with Crippen molar-refractivity contribution in [3.63, 3.8) is 0 Å². The Hall–Kier alpha value is -0.900. The van der Waals surface area contributed by atoms with Crippen LogP contribution in [-0.4, -0.2) is 18.4 Å². The summed E-state index contributed by atoms with van der Waals surface area (Å²) in [5.41, 5.74) is 0. The van der Waals surface area contributed by atoms with E-state index in [0.717, 1.165) is 0 Å². The van der Waals surface area contributed by atoms with Gasteiger partial charge < -0.3 is 0 Å². The molecule has 0 saturated heterocycles. The third kappa shape index (κ3) is 7.21. The second kappa shape index (κ2) is 5.71. The molecule has 0 aliphatic rings. The summed E-state index contributed by atoms with van der Waals surface area (Å²) in [6.07, 6.45) is -0.224. The molecule has 0 atom stereocenters. The quantitative estimate of drug-likeness (QED) is 0.356. The molecule has 70 valence electrons. The maximum Gasteiger partial charge on any atom is 0.349 e. The molecule has 0 saturated carbocycles. The van der Waals surface area contributed by atoms with Crippen molar-refractivity contribution in [3.8, 4) is 0 Å². The minimum absolute atomic E-state index is 0.224. The van der Waals surface area contributed by atoms with E-state index in [1.807, 2.05) is 13.8 Å². The summed E-state index contributed by atoms with van der Waals surface area (Å²) in [6.45, 7) is 5.53. The maximum atomic E-state index is 10.7. The first-order valence-electron chi connectivity index (χ1n) is 3.84. The second-order valence-corrected chi connectivity index (χ2v) is 3.01. The number of hydrogen-bond donors (Lipinski definition) is 0. The summed E-state index contributed by atoms with van der Waals surface area (Å²) < 4.78 is 0. The van der Waals surface area contributed by atoms with Crippen LogP contribution in [0.25, 0.3) is 0 Å². The predicted octanol–water partition coefficient (Wildman–Crippen LogP) is 1.10. The topological polar surface area (TPSA) is 52.6 Å². The molecule has 0 amide bonds. The van der Waals surface area contributed by atoms with E-state index in [0.29, 0.717) is 12.5 Å². The number of Topliss-reactive ketones (excluding diaryl/α,β-unsaturated/α-hetero) is 1. The zero-order valence-corrected chi connectivity index (χ0v) is 7.62. The van der Waals surface area contributed by atoms with Crippen LogP contribution in [0.15, 0.2) is 0 Å². The molecule has 0 aromatic carbocycles. The maximum absolute atomic E-state index is 10.7. The molecule has 0 spiro atoms. The van der Waals surface area contributed by atoms with Gasteiger partial charge in [0.05, 0.1) is 6.61 Å². The van der Waals surface area contributed by atoms with Crippen LogP contribution in [0, 0.1) is 5.92 Å². The van der Waals surface area contributed by atoms with Crippen molar-refractivity contribution in [1.82, 2.24) is 0 Å². The van der Waals surface area contributed by atoms with Gasteiger partial charge in [0, 0.05) is 0 Å². The largest absolute Gasteiger partial charge is 0.349 e. The number of carbonyl (C=O) groups excluding carboxylic acids is 2. The monoisotopic (exact) mass is 174 g/mol. The molecule has 0 bridgehead atoms. The van der Waals surface area contributed by atoms with Crippen molar-refractivity contribution in [3.05, 3.63) is 0 Å². The lowest BCUT2D eigenvalue weighted by Crippen LogP contribution is -2.11. The highest BCUT2D eigenvalue weighted by Gasteiger charge is 2.07. The Bertz CT molecular complexity index is 162. The Balaban J connectivity index is 3.38. The Morgan fingerprint density at radius 1 is 1.33 bits per heavy atom. The zero-order chi connectivity index (χ0) is 9.56. The molecule has 0 N–H and O–H groups in total. The van der Waals surface area contributed by atoms with E-state index in [9.17, 15) is 9.59 Å². The first-order valence-corrected chi connectivity index (χ1v) is 3.84. The van der Waals surface area contributed by atoms with Gasteiger partial charge in [0.2, 0.25) is 0 Å². The van der Waals surface area contributed by atoms with Crippen LogP contribution in [0.5, 0.6) is 0 Å². The summed E-state index contributed by atoms with van der Waals surface area (Å²) >= 11 is 0. The van der Waals surface area contributed by atoms with Gasteiger partial charge in [-0.1, -0.05) is 13.8 Å². The summed E-state index contributed by atoms with van der Waals surface area (Å²) in [5, 5.41) is 0. The molecule has 0 rings (SSSR count). The highest BCUT2D eigenvalue weighted by atomic mass is 17.2. The third-order valence-corrected chi connectivity index (χ3v) is 0.947. The van der Waals surface area contributed by atoms with Crippen LogP contribution in [0.4, 0.5) is 0 Å². The van der Waals surface area contributed by atoms with E-state index in [4.69, 9.17) is 0 Å². The number of carbonyl (C=O) groups is 2. The molecule has 0 aliphatic heterocycles. The van der Waals surface area contributed by atoms with Crippen LogP contribution >= 0.6 is 0 Å². The molecular weight excluding hydrogens is 160 g/mol. The van der Waals surface area contributed by atoms with Crippen molar-refractivity contribution in [2.75, 3.05) is 6.61 Å². The van der Waals surface area contributed by atoms with E-state index in [2.05, 4.69) is 9.78 Å². The molecule has 0 unspecified atom stereocenters. The zero-order valence-electron chi connectivity index (χ0n) is 7.62. The van der Waals surface area contributed by atoms with Crippen LogP contribution in [0.3, 0.4) is 0 Å². The Morgan fingerprint density at radius 3 is 2.33 bits per heavy atom. The molecule has 0 radical (unpaired) electrons. The van der Waals surface area contributed by atoms with Crippen LogP contribution in [0.1, 0.15) is 27.2 Å². The van der Waals surface area contributed by atoms with Crippen molar-refractivity contribution in [1.29, 1.82) is 0 Å². The van der Waals surface area contributed by atoms with Gasteiger partial charge >= 0.3 is 5.97 Å². The van der Waals surface area contributed by atoms with E-state index in [-0.39, 0.29) is 12.2 Å². The average molecular weight is 174 g/mol. The van der Waals surface area contributed by atoms with E-state index >= 15 is 0 Å². The van der Waals surface area contributed by atoms with Gasteiger partial charge in [-0.2, -0.15) is 4.89 Å². The van der Waals surface area contributed by atoms with E-state index in [1.54, 1.807) is 0 Å². The lowest BCUT2D eigenvalue weighted by atomic mass is 10.2. The SMILES string of the molecule is CC(=O)CC(=O)OOCC(C)C. The van der Waals surface area contributed by atoms with Crippen molar-refractivity contribution >= 4 is 11.8 Å². The molecule has 4 nitrogen and oxygen atoms in total. The molecule has 4 heteroatoms. The number of hydrogen-bond acceptors (Lipinski definition) is 4. The van der Waals surface area contributed by atoms with Crippen LogP contribution in [-0.2, 0) is 19.4 Å².